The van der Waals surface area contributed by atoms with E-state index in [9.17, 15) is 22.4 Å². The van der Waals surface area contributed by atoms with Crippen LogP contribution in [0, 0.1) is 5.82 Å². The minimum absolute atomic E-state index is 0.0428. The number of carbonyl (C=O) groups excluding carboxylic acids is 1. The average molecular weight is 517 g/mol. The lowest BCUT2D eigenvalue weighted by Crippen LogP contribution is -2.61. The number of hydrogen-bond donors (Lipinski definition) is 0. The summed E-state index contributed by atoms with van der Waals surface area (Å²) in [4.78, 5) is 18.6. The van der Waals surface area contributed by atoms with Gasteiger partial charge in [-0.25, -0.2) is 4.39 Å². The molecule has 180 valence electrons. The van der Waals surface area contributed by atoms with Crippen LogP contribution in [0.15, 0.2) is 35.5 Å². The Kier molecular flexibility index (Phi) is 5.38. The fourth-order valence-electron chi connectivity index (χ4n) is 4.71. The Labute approximate surface area is 202 Å². The predicted molar refractivity (Wildman–Crippen MR) is 116 cm³/mol. The zero-order valence-corrected chi connectivity index (χ0v) is 19.3. The Balaban J connectivity index is 1.43. The molecule has 2 aromatic carbocycles. The lowest BCUT2D eigenvalue weighted by Gasteiger charge is -2.47. The van der Waals surface area contributed by atoms with Gasteiger partial charge in [0.2, 0.25) is 5.91 Å². The molecule has 1 spiro atoms. The summed E-state index contributed by atoms with van der Waals surface area (Å²) < 4.78 is 62.5. The first-order valence-corrected chi connectivity index (χ1v) is 11.3. The third-order valence-corrected chi connectivity index (χ3v) is 7.17. The standard InChI is InChI=1S/C23H18Cl2F4N2O3/c1-2-19(32)31-10-21(11-31)15-4-3-12(5-13(15)9-33-21)18-8-22(34-30-18,23(27,28)29)14-6-16(24)20(26)17(25)7-14/h3-7H,2,8-11H2,1H3. The number of carbonyl (C=O) groups is 1. The lowest BCUT2D eigenvalue weighted by molar-refractivity contribution is -0.275. The molecule has 34 heavy (non-hydrogen) atoms. The molecule has 1 amide bonds. The van der Waals surface area contributed by atoms with Crippen molar-refractivity contribution >= 4 is 34.8 Å². The topological polar surface area (TPSA) is 51.1 Å². The second-order valence-corrected chi connectivity index (χ2v) is 9.46. The van der Waals surface area contributed by atoms with Gasteiger partial charge in [0, 0.05) is 18.4 Å². The van der Waals surface area contributed by atoms with E-state index in [0.29, 0.717) is 25.1 Å². The van der Waals surface area contributed by atoms with Crippen molar-refractivity contribution in [2.75, 3.05) is 13.1 Å². The zero-order chi connectivity index (χ0) is 24.5. The molecule has 1 fully saturated rings. The number of fused-ring (bicyclic) bond motifs is 2. The number of halogens is 6. The van der Waals surface area contributed by atoms with Crippen LogP contribution in [0.4, 0.5) is 17.6 Å². The number of oxime groups is 1. The molecular formula is C23H18Cl2F4N2O3. The van der Waals surface area contributed by atoms with Crippen molar-refractivity contribution in [2.24, 2.45) is 5.16 Å². The molecule has 1 saturated heterocycles. The molecule has 2 aromatic rings. The highest BCUT2D eigenvalue weighted by Gasteiger charge is 2.62. The van der Waals surface area contributed by atoms with Crippen LogP contribution in [-0.2, 0) is 32.2 Å². The molecule has 5 rings (SSSR count). The zero-order valence-electron chi connectivity index (χ0n) is 17.8. The predicted octanol–water partition coefficient (Wildman–Crippen LogP) is 5.69. The van der Waals surface area contributed by atoms with Crippen molar-refractivity contribution in [1.82, 2.24) is 4.90 Å². The van der Waals surface area contributed by atoms with E-state index in [1.807, 2.05) is 0 Å². The van der Waals surface area contributed by atoms with Crippen LogP contribution < -0.4 is 0 Å². The van der Waals surface area contributed by atoms with Crippen LogP contribution in [0.1, 0.15) is 42.0 Å². The van der Waals surface area contributed by atoms with Crippen molar-refractivity contribution < 1.29 is 31.9 Å². The summed E-state index contributed by atoms with van der Waals surface area (Å²) in [7, 11) is 0. The average Bonchev–Trinajstić information content (AvgIpc) is 3.38. The summed E-state index contributed by atoms with van der Waals surface area (Å²) in [5, 5.41) is 2.66. The van der Waals surface area contributed by atoms with E-state index in [4.69, 9.17) is 32.8 Å². The van der Waals surface area contributed by atoms with E-state index in [1.165, 1.54) is 0 Å². The SMILES string of the molecule is CCC(=O)N1CC2(C1)OCc1cc(C3=NOC(c4cc(Cl)c(F)c(Cl)c4)(C(F)(F)F)C3)ccc12. The Bertz CT molecular complexity index is 1200. The highest BCUT2D eigenvalue weighted by molar-refractivity contribution is 6.35. The molecule has 1 atom stereocenters. The van der Waals surface area contributed by atoms with Gasteiger partial charge in [-0.2, -0.15) is 13.2 Å². The summed E-state index contributed by atoms with van der Waals surface area (Å²) >= 11 is 11.5. The first-order chi connectivity index (χ1) is 16.0. The lowest BCUT2D eigenvalue weighted by atomic mass is 9.83. The highest BCUT2D eigenvalue weighted by atomic mass is 35.5. The second-order valence-electron chi connectivity index (χ2n) is 8.64. The summed E-state index contributed by atoms with van der Waals surface area (Å²) in [5.41, 5.74) is -1.61. The number of alkyl halides is 3. The maximum Gasteiger partial charge on any atom is 0.435 e. The highest BCUT2D eigenvalue weighted by Crippen LogP contribution is 2.50. The molecule has 0 radical (unpaired) electrons. The van der Waals surface area contributed by atoms with Crippen LogP contribution in [0.5, 0.6) is 0 Å². The largest absolute Gasteiger partial charge is 0.435 e. The van der Waals surface area contributed by atoms with Gasteiger partial charge in [0.05, 0.1) is 35.5 Å². The van der Waals surface area contributed by atoms with Crippen LogP contribution in [0.25, 0.3) is 0 Å². The van der Waals surface area contributed by atoms with Crippen molar-refractivity contribution in [2.45, 2.75) is 43.8 Å². The molecule has 0 aliphatic carbocycles. The van der Waals surface area contributed by atoms with Gasteiger partial charge >= 0.3 is 6.18 Å². The quantitative estimate of drug-likeness (QED) is 0.388. The monoisotopic (exact) mass is 516 g/mol. The maximum atomic E-state index is 14.2. The van der Waals surface area contributed by atoms with E-state index in [2.05, 4.69) is 5.16 Å². The first kappa shape index (κ1) is 23.4. The van der Waals surface area contributed by atoms with Gasteiger partial charge in [0.15, 0.2) is 5.82 Å². The van der Waals surface area contributed by atoms with Gasteiger partial charge in [-0.3, -0.25) is 4.79 Å². The molecular weight excluding hydrogens is 499 g/mol. The van der Waals surface area contributed by atoms with Crippen LogP contribution in [0.2, 0.25) is 10.0 Å². The molecule has 5 nitrogen and oxygen atoms in total. The van der Waals surface area contributed by atoms with Crippen LogP contribution in [0.3, 0.4) is 0 Å². The Hall–Kier alpha value is -2.36. The molecule has 3 aliphatic heterocycles. The number of rotatable bonds is 3. The van der Waals surface area contributed by atoms with Gasteiger partial charge in [0.1, 0.15) is 5.60 Å². The smallest absolute Gasteiger partial charge is 0.374 e. The number of benzene rings is 2. The number of nitrogens with zero attached hydrogens (tertiary/aromatic N) is 2. The van der Waals surface area contributed by atoms with Crippen LogP contribution in [-0.4, -0.2) is 35.8 Å². The van der Waals surface area contributed by atoms with Crippen molar-refractivity contribution in [3.8, 4) is 0 Å². The van der Waals surface area contributed by atoms with Gasteiger partial charge in [-0.05, 0) is 34.9 Å². The molecule has 3 heterocycles. The summed E-state index contributed by atoms with van der Waals surface area (Å²) in [6.45, 7) is 2.96. The van der Waals surface area contributed by atoms with E-state index >= 15 is 0 Å². The van der Waals surface area contributed by atoms with Crippen LogP contribution >= 0.6 is 23.2 Å². The number of likely N-dealkylation sites (tertiary alicyclic amines) is 1. The van der Waals surface area contributed by atoms with Crippen molar-refractivity contribution in [3.05, 3.63) is 68.4 Å². The molecule has 0 aromatic heterocycles. The van der Waals surface area contributed by atoms with E-state index in [1.54, 1.807) is 30.0 Å². The Morgan fingerprint density at radius 1 is 1.18 bits per heavy atom. The van der Waals surface area contributed by atoms with Gasteiger partial charge in [0.25, 0.3) is 5.60 Å². The second kappa shape index (κ2) is 7.83. The minimum atomic E-state index is -4.88. The number of hydrogen-bond acceptors (Lipinski definition) is 4. The van der Waals surface area contributed by atoms with E-state index < -0.39 is 45.2 Å². The van der Waals surface area contributed by atoms with Crippen molar-refractivity contribution in [1.29, 1.82) is 0 Å². The molecule has 11 heteroatoms. The summed E-state index contributed by atoms with van der Waals surface area (Å²) in [5.74, 6) is -0.965. The molecule has 0 bridgehead atoms. The Morgan fingerprint density at radius 3 is 2.47 bits per heavy atom. The van der Waals surface area contributed by atoms with Gasteiger partial charge < -0.3 is 14.5 Å². The maximum absolute atomic E-state index is 14.2. The number of amides is 1. The third kappa shape index (κ3) is 3.39. The fraction of sp³-hybridized carbons (Fsp3) is 0.391. The molecule has 1 unspecified atom stereocenters. The first-order valence-electron chi connectivity index (χ1n) is 10.5. The van der Waals surface area contributed by atoms with Crippen molar-refractivity contribution in [3.63, 3.8) is 0 Å². The number of ether oxygens (including phenoxy) is 1. The van der Waals surface area contributed by atoms with E-state index in [0.717, 1.165) is 23.3 Å². The fourth-order valence-corrected chi connectivity index (χ4v) is 5.20. The molecule has 0 N–H and O–H groups in total. The minimum Gasteiger partial charge on any atom is -0.374 e. The normalized spacial score (nSPS) is 22.9. The van der Waals surface area contributed by atoms with Gasteiger partial charge in [-0.1, -0.05) is 47.4 Å². The molecule has 3 aliphatic rings. The summed E-state index contributed by atoms with van der Waals surface area (Å²) in [6.07, 6.45) is -5.11. The Morgan fingerprint density at radius 2 is 1.85 bits per heavy atom. The molecule has 0 saturated carbocycles. The third-order valence-electron chi connectivity index (χ3n) is 6.62. The van der Waals surface area contributed by atoms with Gasteiger partial charge in [-0.15, -0.1) is 0 Å². The van der Waals surface area contributed by atoms with E-state index in [-0.39, 0.29) is 18.2 Å². The summed E-state index contributed by atoms with van der Waals surface area (Å²) in [6, 6.07) is 6.91.